The smallest absolute Gasteiger partial charge is 0.259 e. The summed E-state index contributed by atoms with van der Waals surface area (Å²) < 4.78 is 1.92. The highest BCUT2D eigenvalue weighted by atomic mass is 35.5. The van der Waals surface area contributed by atoms with Crippen LogP contribution in [0.15, 0.2) is 29.1 Å². The number of rotatable bonds is 2. The van der Waals surface area contributed by atoms with Crippen LogP contribution in [0.1, 0.15) is 0 Å². The van der Waals surface area contributed by atoms with E-state index in [1.165, 1.54) is 47.0 Å². The molecule has 84 valence electrons. The van der Waals surface area contributed by atoms with Crippen molar-refractivity contribution in [2.75, 3.05) is 0 Å². The molecule has 0 aromatic rings. The van der Waals surface area contributed by atoms with Crippen LogP contribution in [0.3, 0.4) is 0 Å². The van der Waals surface area contributed by atoms with Gasteiger partial charge in [0.05, 0.1) is 18.3 Å². The van der Waals surface area contributed by atoms with Gasteiger partial charge in [-0.05, 0) is 34.0 Å². The summed E-state index contributed by atoms with van der Waals surface area (Å²) in [6, 6.07) is 0. The second-order valence-corrected chi connectivity index (χ2v) is 7.59. The van der Waals surface area contributed by atoms with Gasteiger partial charge in [0.25, 0.3) is 10.5 Å². The molecule has 0 saturated carbocycles. The van der Waals surface area contributed by atoms with Gasteiger partial charge in [0, 0.05) is 0 Å². The van der Waals surface area contributed by atoms with E-state index in [0.717, 1.165) is 8.47 Å². The summed E-state index contributed by atoms with van der Waals surface area (Å²) in [5.41, 5.74) is 0. The van der Waals surface area contributed by atoms with Crippen molar-refractivity contribution < 1.29 is 9.59 Å². The molecule has 2 aliphatic heterocycles. The van der Waals surface area contributed by atoms with E-state index in [9.17, 15) is 9.59 Å². The first-order chi connectivity index (χ1) is 7.58. The summed E-state index contributed by atoms with van der Waals surface area (Å²) in [4.78, 5) is 22.9. The first-order valence-electron chi connectivity index (χ1n) is 3.81. The Hall–Kier alpha value is 0.540. The Balaban J connectivity index is 2.07. The number of thioether (sulfide) groups is 4. The van der Waals surface area contributed by atoms with Gasteiger partial charge in [-0.2, -0.15) is 0 Å². The zero-order valence-electron chi connectivity index (χ0n) is 7.36. The minimum absolute atomic E-state index is 0.456. The molecule has 16 heavy (non-hydrogen) atoms. The second kappa shape index (κ2) is 5.46. The monoisotopic (exact) mass is 328 g/mol. The Kier molecular flexibility index (Phi) is 4.43. The molecule has 0 atom stereocenters. The Morgan fingerprint density at radius 3 is 1.50 bits per heavy atom. The van der Waals surface area contributed by atoms with Crippen LogP contribution in [0.5, 0.6) is 0 Å². The van der Waals surface area contributed by atoms with E-state index in [0.29, 0.717) is 9.81 Å². The Morgan fingerprint density at radius 2 is 1.25 bits per heavy atom. The van der Waals surface area contributed by atoms with E-state index in [1.54, 1.807) is 10.8 Å². The van der Waals surface area contributed by atoms with Crippen molar-refractivity contribution in [3.8, 4) is 0 Å². The summed E-state index contributed by atoms with van der Waals surface area (Å²) in [6.07, 6.45) is 0. The molecule has 0 N–H and O–H groups in total. The van der Waals surface area contributed by atoms with Gasteiger partial charge < -0.3 is 0 Å². The molecule has 8 heteroatoms. The molecule has 0 radical (unpaired) electrons. The molecule has 0 saturated heterocycles. The quantitative estimate of drug-likeness (QED) is 0.703. The highest BCUT2D eigenvalue weighted by Crippen LogP contribution is 2.55. The summed E-state index contributed by atoms with van der Waals surface area (Å²) in [7, 11) is 0. The van der Waals surface area contributed by atoms with Crippen LogP contribution >= 0.6 is 70.2 Å². The number of carbonyl (C=O) groups is 2. The highest BCUT2D eigenvalue weighted by Gasteiger charge is 2.25. The van der Waals surface area contributed by atoms with E-state index in [4.69, 9.17) is 23.2 Å². The summed E-state index contributed by atoms with van der Waals surface area (Å²) in [6.45, 7) is 0. The van der Waals surface area contributed by atoms with Gasteiger partial charge >= 0.3 is 0 Å². The SMILES string of the molecule is O=C(Cl)C1=CS/C(=C2\SC=C(C(=O)Cl)S2)S1. The fourth-order valence-electron chi connectivity index (χ4n) is 0.862. The predicted molar refractivity (Wildman–Crippen MR) is 75.3 cm³/mol. The zero-order valence-corrected chi connectivity index (χ0v) is 12.1. The van der Waals surface area contributed by atoms with Crippen LogP contribution in [0.4, 0.5) is 0 Å². The normalized spacial score (nSPS) is 24.4. The topological polar surface area (TPSA) is 34.1 Å². The first kappa shape index (κ1) is 13.0. The van der Waals surface area contributed by atoms with Gasteiger partial charge in [-0.3, -0.25) is 9.59 Å². The van der Waals surface area contributed by atoms with Crippen molar-refractivity contribution in [3.63, 3.8) is 0 Å². The molecular weight excluding hydrogens is 327 g/mol. The molecule has 0 unspecified atom stereocenters. The van der Waals surface area contributed by atoms with Crippen LogP contribution in [-0.4, -0.2) is 10.5 Å². The average Bonchev–Trinajstić information content (AvgIpc) is 2.86. The van der Waals surface area contributed by atoms with Gasteiger partial charge in [-0.25, -0.2) is 0 Å². The first-order valence-corrected chi connectivity index (χ1v) is 7.96. The van der Waals surface area contributed by atoms with Crippen LogP contribution in [0, 0.1) is 0 Å². The fraction of sp³-hybridized carbons (Fsp3) is 0. The van der Waals surface area contributed by atoms with Crippen molar-refractivity contribution in [2.45, 2.75) is 0 Å². The molecule has 0 aliphatic carbocycles. The molecule has 0 spiro atoms. The molecule has 0 aromatic heterocycles. The molecule has 2 nitrogen and oxygen atoms in total. The van der Waals surface area contributed by atoms with Gasteiger partial charge in [-0.15, -0.1) is 0 Å². The number of carbonyl (C=O) groups excluding carboxylic acids is 2. The lowest BCUT2D eigenvalue weighted by Crippen LogP contribution is -1.84. The maximum Gasteiger partial charge on any atom is 0.259 e. The largest absolute Gasteiger partial charge is 0.275 e. The van der Waals surface area contributed by atoms with E-state index >= 15 is 0 Å². The van der Waals surface area contributed by atoms with E-state index in [1.807, 2.05) is 0 Å². The van der Waals surface area contributed by atoms with Crippen molar-refractivity contribution in [1.29, 1.82) is 0 Å². The van der Waals surface area contributed by atoms with Crippen molar-refractivity contribution >= 4 is 80.7 Å². The van der Waals surface area contributed by atoms with Gasteiger partial charge in [0.15, 0.2) is 0 Å². The van der Waals surface area contributed by atoms with Gasteiger partial charge in [0.1, 0.15) is 0 Å². The summed E-state index contributed by atoms with van der Waals surface area (Å²) >= 11 is 16.3. The third kappa shape index (κ3) is 2.86. The van der Waals surface area contributed by atoms with Crippen molar-refractivity contribution in [1.82, 2.24) is 0 Å². The lowest BCUT2D eigenvalue weighted by atomic mass is 10.7. The second-order valence-electron chi connectivity index (χ2n) is 2.53. The van der Waals surface area contributed by atoms with Crippen LogP contribution < -0.4 is 0 Å². The van der Waals surface area contributed by atoms with E-state index in [-0.39, 0.29) is 0 Å². The van der Waals surface area contributed by atoms with Gasteiger partial charge in [0.2, 0.25) is 0 Å². The van der Waals surface area contributed by atoms with E-state index < -0.39 is 10.5 Å². The minimum atomic E-state index is -0.456. The standard InChI is InChI=1S/C8H2Cl2O2S4/c9-5(11)3-1-13-7(15-3)8-14-2-4(16-8)6(10)12/h1-2H/b8-7-. The number of allylic oxidation sites excluding steroid dienone is 2. The lowest BCUT2D eigenvalue weighted by Gasteiger charge is -2.00. The average molecular weight is 329 g/mol. The molecular formula is C8H2Cl2O2S4. The summed E-state index contributed by atoms with van der Waals surface area (Å²) in [5, 5.41) is 2.51. The molecule has 2 heterocycles. The number of halogens is 2. The molecule has 0 bridgehead atoms. The number of hydrogen-bond acceptors (Lipinski definition) is 6. The summed E-state index contributed by atoms with van der Waals surface area (Å²) in [5.74, 6) is 0. The Bertz CT molecular complexity index is 425. The third-order valence-corrected chi connectivity index (χ3v) is 7.40. The zero-order chi connectivity index (χ0) is 11.7. The molecule has 0 aromatic carbocycles. The van der Waals surface area contributed by atoms with Crippen molar-refractivity contribution in [2.24, 2.45) is 0 Å². The van der Waals surface area contributed by atoms with Gasteiger partial charge in [-0.1, -0.05) is 47.0 Å². The van der Waals surface area contributed by atoms with Crippen LogP contribution in [0.2, 0.25) is 0 Å². The molecule has 0 fully saturated rings. The maximum absolute atomic E-state index is 10.9. The lowest BCUT2D eigenvalue weighted by molar-refractivity contribution is -0.108. The van der Waals surface area contributed by atoms with Crippen LogP contribution in [0.25, 0.3) is 0 Å². The van der Waals surface area contributed by atoms with Crippen molar-refractivity contribution in [3.05, 3.63) is 29.1 Å². The fourth-order valence-corrected chi connectivity index (χ4v) is 5.86. The minimum Gasteiger partial charge on any atom is -0.275 e. The molecule has 2 rings (SSSR count). The Morgan fingerprint density at radius 1 is 0.875 bits per heavy atom. The van der Waals surface area contributed by atoms with E-state index in [2.05, 4.69) is 0 Å². The predicted octanol–water partition coefficient (Wildman–Crippen LogP) is 4.29. The highest BCUT2D eigenvalue weighted by molar-refractivity contribution is 8.34. The Labute approximate surface area is 119 Å². The van der Waals surface area contributed by atoms with Crippen LogP contribution in [-0.2, 0) is 9.59 Å². The molecule has 0 amide bonds. The maximum atomic E-state index is 10.9. The third-order valence-electron chi connectivity index (χ3n) is 1.51. The number of hydrogen-bond donors (Lipinski definition) is 0. The molecule has 2 aliphatic rings.